The van der Waals surface area contributed by atoms with Crippen LogP contribution in [-0.2, 0) is 16.0 Å². The van der Waals surface area contributed by atoms with Crippen LogP contribution in [0, 0.1) is 5.92 Å². The lowest BCUT2D eigenvalue weighted by molar-refractivity contribution is -0.145. The minimum absolute atomic E-state index is 0.254. The molecule has 0 saturated heterocycles. The van der Waals surface area contributed by atoms with Crippen molar-refractivity contribution in [1.82, 2.24) is 0 Å². The van der Waals surface area contributed by atoms with Gasteiger partial charge in [-0.05, 0) is 30.7 Å². The van der Waals surface area contributed by atoms with Crippen molar-refractivity contribution in [3.05, 3.63) is 35.9 Å². The zero-order valence-corrected chi connectivity index (χ0v) is 11.4. The predicted molar refractivity (Wildman–Crippen MR) is 75.7 cm³/mol. The van der Waals surface area contributed by atoms with E-state index in [2.05, 4.69) is 12.1 Å². The molecule has 1 aliphatic rings. The number of benzene rings is 1. The van der Waals surface area contributed by atoms with Gasteiger partial charge in [0.15, 0.2) is 0 Å². The molecule has 1 aromatic carbocycles. The summed E-state index contributed by atoms with van der Waals surface area (Å²) < 4.78 is 5.23. The van der Waals surface area contributed by atoms with Crippen LogP contribution in [0.5, 0.6) is 0 Å². The summed E-state index contributed by atoms with van der Waals surface area (Å²) in [6.07, 6.45) is 6.37. The molecule has 1 aliphatic carbocycles. The van der Waals surface area contributed by atoms with Crippen LogP contribution < -0.4 is 5.73 Å². The zero-order chi connectivity index (χ0) is 13.5. The molecule has 0 radical (unpaired) electrons. The molecule has 1 aromatic rings. The number of carbonyl (C=O) groups excluding carboxylic acids is 1. The molecule has 1 fully saturated rings. The largest absolute Gasteiger partial charge is 0.465 e. The molecule has 0 aromatic heterocycles. The fraction of sp³-hybridized carbons (Fsp3) is 0.562. The molecule has 1 saturated carbocycles. The number of carbonyl (C=O) groups is 1. The maximum atomic E-state index is 11.7. The first kappa shape index (κ1) is 14.1. The van der Waals surface area contributed by atoms with E-state index in [1.807, 2.05) is 18.2 Å². The Labute approximate surface area is 115 Å². The van der Waals surface area contributed by atoms with Crippen LogP contribution in [-0.4, -0.2) is 18.6 Å². The van der Waals surface area contributed by atoms with Gasteiger partial charge in [0.25, 0.3) is 0 Å². The molecule has 0 aliphatic heterocycles. The van der Waals surface area contributed by atoms with E-state index in [1.165, 1.54) is 24.8 Å². The van der Waals surface area contributed by atoms with Gasteiger partial charge in [0, 0.05) is 0 Å². The van der Waals surface area contributed by atoms with Crippen LogP contribution in [0.1, 0.15) is 37.7 Å². The highest BCUT2D eigenvalue weighted by atomic mass is 16.5. The molecular weight excluding hydrogens is 238 g/mol. The first-order chi connectivity index (χ1) is 9.25. The highest BCUT2D eigenvalue weighted by Crippen LogP contribution is 2.29. The Morgan fingerprint density at radius 1 is 1.32 bits per heavy atom. The van der Waals surface area contributed by atoms with Crippen LogP contribution in [0.15, 0.2) is 30.3 Å². The first-order valence-electron chi connectivity index (χ1n) is 7.22. The summed E-state index contributed by atoms with van der Waals surface area (Å²) in [5.41, 5.74) is 7.06. The predicted octanol–water partition coefficient (Wildman–Crippen LogP) is 2.68. The Morgan fingerprint density at radius 2 is 2.05 bits per heavy atom. The van der Waals surface area contributed by atoms with E-state index >= 15 is 0 Å². The molecule has 104 valence electrons. The van der Waals surface area contributed by atoms with Gasteiger partial charge in [-0.3, -0.25) is 4.79 Å². The summed E-state index contributed by atoms with van der Waals surface area (Å²) in [5, 5.41) is 0. The van der Waals surface area contributed by atoms with Gasteiger partial charge in [0.05, 0.1) is 6.61 Å². The topological polar surface area (TPSA) is 52.3 Å². The molecule has 0 heterocycles. The minimum Gasteiger partial charge on any atom is -0.465 e. The van der Waals surface area contributed by atoms with Gasteiger partial charge in [-0.2, -0.15) is 0 Å². The summed E-state index contributed by atoms with van der Waals surface area (Å²) in [7, 11) is 0. The van der Waals surface area contributed by atoms with Gasteiger partial charge >= 0.3 is 5.97 Å². The monoisotopic (exact) mass is 261 g/mol. The summed E-state index contributed by atoms with van der Waals surface area (Å²) in [4.78, 5) is 11.7. The lowest BCUT2D eigenvalue weighted by Crippen LogP contribution is -2.33. The lowest BCUT2D eigenvalue weighted by Gasteiger charge is -2.25. The Kier molecular flexibility index (Phi) is 5.40. The molecule has 19 heavy (non-hydrogen) atoms. The van der Waals surface area contributed by atoms with Crippen LogP contribution in [0.25, 0.3) is 0 Å². The second-order valence-electron chi connectivity index (χ2n) is 5.38. The number of hydrogen-bond acceptors (Lipinski definition) is 3. The van der Waals surface area contributed by atoms with Crippen molar-refractivity contribution in [2.24, 2.45) is 11.7 Å². The van der Waals surface area contributed by atoms with Crippen molar-refractivity contribution in [3.63, 3.8) is 0 Å². The van der Waals surface area contributed by atoms with E-state index in [1.54, 1.807) is 0 Å². The molecule has 0 bridgehead atoms. The van der Waals surface area contributed by atoms with Crippen molar-refractivity contribution in [2.45, 2.75) is 44.6 Å². The van der Waals surface area contributed by atoms with E-state index in [4.69, 9.17) is 10.5 Å². The molecule has 2 N–H and O–H groups in total. The molecule has 2 rings (SSSR count). The van der Waals surface area contributed by atoms with Gasteiger partial charge < -0.3 is 10.5 Å². The Morgan fingerprint density at radius 3 is 2.68 bits per heavy atom. The van der Waals surface area contributed by atoms with Crippen LogP contribution in [0.2, 0.25) is 0 Å². The quantitative estimate of drug-likeness (QED) is 0.768. The van der Waals surface area contributed by atoms with Gasteiger partial charge in [0.1, 0.15) is 6.04 Å². The number of hydrogen-bond donors (Lipinski definition) is 1. The van der Waals surface area contributed by atoms with Gasteiger partial charge in [-0.15, -0.1) is 0 Å². The summed E-state index contributed by atoms with van der Waals surface area (Å²) in [6.45, 7) is 0.530. The minimum atomic E-state index is -0.499. The van der Waals surface area contributed by atoms with Crippen LogP contribution >= 0.6 is 0 Å². The third-order valence-electron chi connectivity index (χ3n) is 3.88. The first-order valence-corrected chi connectivity index (χ1v) is 7.22. The second kappa shape index (κ2) is 7.29. The van der Waals surface area contributed by atoms with Crippen molar-refractivity contribution in [3.8, 4) is 0 Å². The number of nitrogens with two attached hydrogens (primary N) is 1. The fourth-order valence-electron chi connectivity index (χ4n) is 2.30. The normalized spacial score (nSPS) is 16.7. The van der Waals surface area contributed by atoms with Crippen molar-refractivity contribution >= 4 is 5.97 Å². The average Bonchev–Trinajstić information content (AvgIpc) is 2.39. The molecular formula is C16H23NO2. The van der Waals surface area contributed by atoms with Crippen LogP contribution in [0.4, 0.5) is 0 Å². The summed E-state index contributed by atoms with van der Waals surface area (Å²) in [6, 6.07) is 9.58. The molecule has 1 unspecified atom stereocenters. The molecule has 3 nitrogen and oxygen atoms in total. The summed E-state index contributed by atoms with van der Waals surface area (Å²) in [5.74, 6) is 0.517. The van der Waals surface area contributed by atoms with E-state index in [0.717, 1.165) is 18.8 Å². The highest BCUT2D eigenvalue weighted by molar-refractivity contribution is 5.75. The lowest BCUT2D eigenvalue weighted by atomic mass is 9.83. The smallest absolute Gasteiger partial charge is 0.322 e. The third-order valence-corrected chi connectivity index (χ3v) is 3.88. The van der Waals surface area contributed by atoms with E-state index in [0.29, 0.717) is 13.0 Å². The highest BCUT2D eigenvalue weighted by Gasteiger charge is 2.19. The standard InChI is InChI=1S/C16H23NO2/c17-15(10-9-13-5-2-1-3-6-13)16(18)19-12-11-14-7-4-8-14/h1-3,5-6,14-15H,4,7-12,17H2. The zero-order valence-electron chi connectivity index (χ0n) is 11.4. The van der Waals surface area contributed by atoms with E-state index < -0.39 is 6.04 Å². The number of rotatable bonds is 7. The SMILES string of the molecule is NC(CCc1ccccc1)C(=O)OCCC1CCC1. The van der Waals surface area contributed by atoms with Crippen molar-refractivity contribution in [1.29, 1.82) is 0 Å². The van der Waals surface area contributed by atoms with Crippen LogP contribution in [0.3, 0.4) is 0 Å². The van der Waals surface area contributed by atoms with Gasteiger partial charge in [0.2, 0.25) is 0 Å². The van der Waals surface area contributed by atoms with E-state index in [9.17, 15) is 4.79 Å². The Bertz CT molecular complexity index is 387. The Hall–Kier alpha value is -1.35. The third kappa shape index (κ3) is 4.67. The molecule has 1 atom stereocenters. The second-order valence-corrected chi connectivity index (χ2v) is 5.38. The van der Waals surface area contributed by atoms with Crippen molar-refractivity contribution in [2.75, 3.05) is 6.61 Å². The van der Waals surface area contributed by atoms with Crippen molar-refractivity contribution < 1.29 is 9.53 Å². The maximum Gasteiger partial charge on any atom is 0.322 e. The number of ether oxygens (including phenoxy) is 1. The van der Waals surface area contributed by atoms with Gasteiger partial charge in [-0.25, -0.2) is 0 Å². The van der Waals surface area contributed by atoms with Gasteiger partial charge in [-0.1, -0.05) is 49.6 Å². The fourth-order valence-corrected chi connectivity index (χ4v) is 2.30. The molecule has 0 spiro atoms. The number of esters is 1. The summed E-state index contributed by atoms with van der Waals surface area (Å²) >= 11 is 0. The average molecular weight is 261 g/mol. The van der Waals surface area contributed by atoms with E-state index in [-0.39, 0.29) is 5.97 Å². The number of aryl methyl sites for hydroxylation is 1. The Balaban J connectivity index is 1.61. The molecule has 3 heteroatoms. The molecule has 0 amide bonds. The maximum absolute atomic E-state index is 11.7.